The van der Waals surface area contributed by atoms with Gasteiger partial charge in [0, 0.05) is 12.8 Å². The Morgan fingerprint density at radius 1 is 1.33 bits per heavy atom. The van der Waals surface area contributed by atoms with Gasteiger partial charge < -0.3 is 0 Å². The van der Waals surface area contributed by atoms with E-state index in [1.54, 1.807) is 0 Å². The number of rotatable bonds is 2. The second-order valence-corrected chi connectivity index (χ2v) is 1.63. The Morgan fingerprint density at radius 3 is 1.89 bits per heavy atom. The minimum atomic E-state index is -4.27. The van der Waals surface area contributed by atoms with E-state index in [0.717, 1.165) is 0 Å². The van der Waals surface area contributed by atoms with Gasteiger partial charge in [0.15, 0.2) is 0 Å². The molecule has 0 aromatic rings. The molecule has 0 bridgehead atoms. The van der Waals surface area contributed by atoms with Gasteiger partial charge >= 0.3 is 6.18 Å². The van der Waals surface area contributed by atoms with Gasteiger partial charge in [-0.25, -0.2) is 4.39 Å². The predicted octanol–water partition coefficient (Wildman–Crippen LogP) is 2.81. The van der Waals surface area contributed by atoms with Crippen molar-refractivity contribution in [2.75, 3.05) is 0 Å². The van der Waals surface area contributed by atoms with E-state index in [1.165, 1.54) is 0 Å². The lowest BCUT2D eigenvalue weighted by Crippen LogP contribution is -2.06. The van der Waals surface area contributed by atoms with Crippen molar-refractivity contribution in [2.24, 2.45) is 0 Å². The molecule has 0 saturated heterocycles. The van der Waals surface area contributed by atoms with Gasteiger partial charge in [-0.15, -0.1) is 0 Å². The summed E-state index contributed by atoms with van der Waals surface area (Å²) in [4.78, 5) is 0. The van der Waals surface area contributed by atoms with Crippen molar-refractivity contribution in [1.82, 2.24) is 0 Å². The molecule has 0 heterocycles. The summed E-state index contributed by atoms with van der Waals surface area (Å²) in [6.45, 7) is 2.69. The summed E-state index contributed by atoms with van der Waals surface area (Å²) in [7, 11) is 0. The van der Waals surface area contributed by atoms with E-state index in [9.17, 15) is 17.6 Å². The maximum absolute atomic E-state index is 11.5. The van der Waals surface area contributed by atoms with Crippen molar-refractivity contribution >= 4 is 0 Å². The minimum absolute atomic E-state index is 0.622. The Labute approximate surface area is 50.2 Å². The Bertz CT molecular complexity index is 102. The van der Waals surface area contributed by atoms with Gasteiger partial charge in [-0.1, -0.05) is 6.58 Å². The van der Waals surface area contributed by atoms with Gasteiger partial charge in [-0.3, -0.25) is 0 Å². The van der Waals surface area contributed by atoms with Gasteiger partial charge in [0.25, 0.3) is 0 Å². The molecule has 4 heteroatoms. The predicted molar refractivity (Wildman–Crippen MR) is 25.5 cm³/mol. The second kappa shape index (κ2) is 2.85. The molecule has 0 nitrogen and oxygen atoms in total. The van der Waals surface area contributed by atoms with E-state index in [-0.39, 0.29) is 0 Å². The number of hydrogen-bond acceptors (Lipinski definition) is 0. The smallest absolute Gasteiger partial charge is 0.212 e. The van der Waals surface area contributed by atoms with Crippen molar-refractivity contribution in [2.45, 2.75) is 19.0 Å². The van der Waals surface area contributed by atoms with Crippen LogP contribution in [0.15, 0.2) is 12.4 Å². The average Bonchev–Trinajstić information content (AvgIpc) is 1.59. The topological polar surface area (TPSA) is 0 Å². The van der Waals surface area contributed by atoms with Crippen LogP contribution in [-0.2, 0) is 0 Å². The van der Waals surface area contributed by atoms with Gasteiger partial charge in [0.2, 0.25) is 0 Å². The van der Waals surface area contributed by atoms with Crippen LogP contribution >= 0.6 is 0 Å². The van der Waals surface area contributed by atoms with Crippen LogP contribution in [0.1, 0.15) is 12.8 Å². The number of allylic oxidation sites excluding steroid dienone is 1. The van der Waals surface area contributed by atoms with E-state index < -0.39 is 24.8 Å². The fourth-order valence-electron chi connectivity index (χ4n) is 0.277. The molecule has 0 saturated carbocycles. The Kier molecular flexibility index (Phi) is 2.67. The average molecular weight is 142 g/mol. The van der Waals surface area contributed by atoms with E-state index in [0.29, 0.717) is 0 Å². The quantitative estimate of drug-likeness (QED) is 0.520. The summed E-state index contributed by atoms with van der Waals surface area (Å²) in [6.07, 6.45) is -6.01. The van der Waals surface area contributed by atoms with Crippen LogP contribution in [0.25, 0.3) is 0 Å². The SMILES string of the molecule is C=C(F)CCC(F)(F)F. The highest BCUT2D eigenvalue weighted by Crippen LogP contribution is 2.23. The zero-order valence-electron chi connectivity index (χ0n) is 4.63. The van der Waals surface area contributed by atoms with E-state index in [2.05, 4.69) is 6.58 Å². The summed E-state index contributed by atoms with van der Waals surface area (Å²) >= 11 is 0. The lowest BCUT2D eigenvalue weighted by molar-refractivity contribution is -0.134. The Hall–Kier alpha value is -0.540. The molecule has 0 fully saturated rings. The van der Waals surface area contributed by atoms with Crippen LogP contribution in [0.3, 0.4) is 0 Å². The summed E-state index contributed by atoms with van der Waals surface area (Å²) in [5, 5.41) is 0. The molecule has 0 aliphatic heterocycles. The molecule has 0 aliphatic carbocycles. The lowest BCUT2D eigenvalue weighted by atomic mass is 10.3. The molecule has 0 atom stereocenters. The molecule has 0 amide bonds. The fraction of sp³-hybridized carbons (Fsp3) is 0.600. The highest BCUT2D eigenvalue weighted by atomic mass is 19.4. The molecule has 0 radical (unpaired) electrons. The lowest BCUT2D eigenvalue weighted by Gasteiger charge is -2.02. The monoisotopic (exact) mass is 142 g/mol. The molecular formula is C5H6F4. The Morgan fingerprint density at radius 2 is 1.78 bits per heavy atom. The van der Waals surface area contributed by atoms with E-state index in [1.807, 2.05) is 0 Å². The Balaban J connectivity index is 3.39. The molecule has 0 aromatic carbocycles. The van der Waals surface area contributed by atoms with Crippen molar-refractivity contribution in [3.05, 3.63) is 12.4 Å². The van der Waals surface area contributed by atoms with Crippen molar-refractivity contribution < 1.29 is 17.6 Å². The molecule has 0 unspecified atom stereocenters. The summed E-state index contributed by atoms with van der Waals surface area (Å²) in [6, 6.07) is 0. The van der Waals surface area contributed by atoms with Crippen molar-refractivity contribution in [1.29, 1.82) is 0 Å². The number of hydrogen-bond donors (Lipinski definition) is 0. The zero-order chi connectivity index (χ0) is 7.49. The van der Waals surface area contributed by atoms with Crippen LogP contribution in [0.2, 0.25) is 0 Å². The van der Waals surface area contributed by atoms with Crippen molar-refractivity contribution in [3.8, 4) is 0 Å². The summed E-state index contributed by atoms with van der Waals surface area (Å²) in [5.74, 6) is -0.924. The van der Waals surface area contributed by atoms with Crippen LogP contribution in [0.5, 0.6) is 0 Å². The van der Waals surface area contributed by atoms with Gasteiger partial charge in [0.05, 0.1) is 5.83 Å². The molecule has 9 heavy (non-hydrogen) atoms. The van der Waals surface area contributed by atoms with Crippen LogP contribution in [-0.4, -0.2) is 6.18 Å². The van der Waals surface area contributed by atoms with Crippen LogP contribution in [0, 0.1) is 0 Å². The first-order valence-electron chi connectivity index (χ1n) is 2.32. The third-order valence-electron chi connectivity index (χ3n) is 0.680. The van der Waals surface area contributed by atoms with E-state index >= 15 is 0 Å². The highest BCUT2D eigenvalue weighted by Gasteiger charge is 2.26. The standard InChI is InChI=1S/C5H6F4/c1-4(6)2-3-5(7,8)9/h1-3H2. The first kappa shape index (κ1) is 8.46. The molecular weight excluding hydrogens is 136 g/mol. The first-order valence-corrected chi connectivity index (χ1v) is 2.32. The normalized spacial score (nSPS) is 11.6. The molecule has 0 aliphatic rings. The number of alkyl halides is 3. The second-order valence-electron chi connectivity index (χ2n) is 1.63. The molecule has 54 valence electrons. The molecule has 0 spiro atoms. The van der Waals surface area contributed by atoms with Crippen molar-refractivity contribution in [3.63, 3.8) is 0 Å². The highest BCUT2D eigenvalue weighted by molar-refractivity contribution is 4.80. The third-order valence-corrected chi connectivity index (χ3v) is 0.680. The van der Waals surface area contributed by atoms with Gasteiger partial charge in [-0.2, -0.15) is 13.2 Å². The number of halogens is 4. The minimum Gasteiger partial charge on any atom is -0.212 e. The molecule has 0 N–H and O–H groups in total. The fourth-order valence-corrected chi connectivity index (χ4v) is 0.277. The first-order chi connectivity index (χ1) is 3.92. The maximum Gasteiger partial charge on any atom is 0.389 e. The van der Waals surface area contributed by atoms with Gasteiger partial charge in [-0.05, 0) is 0 Å². The zero-order valence-corrected chi connectivity index (χ0v) is 4.63. The molecule has 0 rings (SSSR count). The van der Waals surface area contributed by atoms with Crippen LogP contribution < -0.4 is 0 Å². The maximum atomic E-state index is 11.5. The molecule has 0 aromatic heterocycles. The summed E-state index contributed by atoms with van der Waals surface area (Å²) < 4.78 is 45.2. The van der Waals surface area contributed by atoms with E-state index in [4.69, 9.17) is 0 Å². The summed E-state index contributed by atoms with van der Waals surface area (Å²) in [5.41, 5.74) is 0. The van der Waals surface area contributed by atoms with Crippen LogP contribution in [0.4, 0.5) is 17.6 Å². The largest absolute Gasteiger partial charge is 0.389 e. The van der Waals surface area contributed by atoms with Gasteiger partial charge in [0.1, 0.15) is 0 Å². The third kappa shape index (κ3) is 7.46.